The predicted molar refractivity (Wildman–Crippen MR) is 114 cm³/mol. The lowest BCUT2D eigenvalue weighted by Gasteiger charge is -2.18. The lowest BCUT2D eigenvalue weighted by molar-refractivity contribution is -0.384. The summed E-state index contributed by atoms with van der Waals surface area (Å²) in [4.78, 5) is 20.9. The zero-order valence-corrected chi connectivity index (χ0v) is 17.4. The molecular weight excluding hydrogens is 408 g/mol. The van der Waals surface area contributed by atoms with Gasteiger partial charge in [-0.1, -0.05) is 6.07 Å². The van der Waals surface area contributed by atoms with E-state index in [1.807, 2.05) is 0 Å². The van der Waals surface area contributed by atoms with Crippen molar-refractivity contribution in [3.63, 3.8) is 0 Å². The van der Waals surface area contributed by atoms with Crippen LogP contribution in [0.3, 0.4) is 0 Å². The Hall–Kier alpha value is -3.57. The van der Waals surface area contributed by atoms with Crippen molar-refractivity contribution in [2.75, 3.05) is 31.4 Å². The Morgan fingerprint density at radius 1 is 1.03 bits per heavy atom. The second-order valence-electron chi connectivity index (χ2n) is 6.51. The number of benzene rings is 2. The summed E-state index contributed by atoms with van der Waals surface area (Å²) in [5.41, 5.74) is 1.24. The van der Waals surface area contributed by atoms with Crippen LogP contribution >= 0.6 is 0 Å². The molecule has 0 aliphatic heterocycles. The Bertz CT molecular complexity index is 1170. The fourth-order valence-corrected chi connectivity index (χ4v) is 3.55. The van der Waals surface area contributed by atoms with Gasteiger partial charge in [-0.15, -0.1) is 0 Å². The lowest BCUT2D eigenvalue weighted by atomic mass is 10.2. The van der Waals surface area contributed by atoms with E-state index >= 15 is 0 Å². The van der Waals surface area contributed by atoms with Gasteiger partial charge in [0.25, 0.3) is 5.69 Å². The number of non-ortho nitro benzene ring substituents is 1. The minimum Gasteiger partial charge on any atom is -0.329 e. The number of nitro groups is 1. The van der Waals surface area contributed by atoms with Crippen molar-refractivity contribution in [1.29, 1.82) is 0 Å². The molecule has 0 radical (unpaired) electrons. The lowest BCUT2D eigenvalue weighted by Crippen LogP contribution is -2.22. The quantitative estimate of drug-likeness (QED) is 0.450. The van der Waals surface area contributed by atoms with Crippen molar-refractivity contribution in [3.8, 4) is 0 Å². The van der Waals surface area contributed by atoms with Crippen LogP contribution in [0, 0.1) is 10.1 Å². The SMILES string of the molecule is CN(c1ccc([N+](=O)[O-])cc1)c1ccnc(Nc2cccc(S(=O)(=O)N(C)C)c2)n1. The Morgan fingerprint density at radius 3 is 2.37 bits per heavy atom. The number of aromatic nitrogens is 2. The summed E-state index contributed by atoms with van der Waals surface area (Å²) in [6.45, 7) is 0. The molecule has 10 nitrogen and oxygen atoms in total. The largest absolute Gasteiger partial charge is 0.329 e. The molecule has 2 aromatic carbocycles. The first-order valence-electron chi connectivity index (χ1n) is 8.79. The third-order valence-electron chi connectivity index (χ3n) is 4.30. The van der Waals surface area contributed by atoms with Crippen LogP contribution in [0.15, 0.2) is 65.7 Å². The third-order valence-corrected chi connectivity index (χ3v) is 6.11. The van der Waals surface area contributed by atoms with Crippen LogP contribution in [-0.2, 0) is 10.0 Å². The molecule has 3 rings (SSSR count). The highest BCUT2D eigenvalue weighted by molar-refractivity contribution is 7.89. The van der Waals surface area contributed by atoms with Gasteiger partial charge < -0.3 is 10.2 Å². The maximum absolute atomic E-state index is 12.3. The molecule has 0 spiro atoms. The van der Waals surface area contributed by atoms with Crippen molar-refractivity contribution in [2.24, 2.45) is 0 Å². The summed E-state index contributed by atoms with van der Waals surface area (Å²) in [6.07, 6.45) is 1.56. The number of hydrogen-bond acceptors (Lipinski definition) is 8. The van der Waals surface area contributed by atoms with Crippen LogP contribution in [0.2, 0.25) is 0 Å². The normalized spacial score (nSPS) is 11.3. The number of nitro benzene ring substituents is 1. The van der Waals surface area contributed by atoms with Gasteiger partial charge in [-0.05, 0) is 36.4 Å². The molecule has 0 bridgehead atoms. The molecule has 0 fully saturated rings. The van der Waals surface area contributed by atoms with Crippen molar-refractivity contribution >= 4 is 38.9 Å². The molecule has 1 aromatic heterocycles. The summed E-state index contributed by atoms with van der Waals surface area (Å²) < 4.78 is 25.8. The number of nitrogens with zero attached hydrogens (tertiary/aromatic N) is 5. The third kappa shape index (κ3) is 4.53. The minimum absolute atomic E-state index is 0.00440. The molecule has 156 valence electrons. The molecular formula is C19H20N6O4S. The van der Waals surface area contributed by atoms with Gasteiger partial charge in [0.1, 0.15) is 5.82 Å². The molecule has 11 heteroatoms. The van der Waals surface area contributed by atoms with E-state index in [0.717, 1.165) is 4.31 Å². The number of hydrogen-bond donors (Lipinski definition) is 1. The van der Waals surface area contributed by atoms with E-state index in [2.05, 4.69) is 15.3 Å². The maximum atomic E-state index is 12.3. The number of sulfonamides is 1. The number of anilines is 4. The van der Waals surface area contributed by atoms with E-state index < -0.39 is 14.9 Å². The van der Waals surface area contributed by atoms with E-state index in [0.29, 0.717) is 17.2 Å². The average Bonchev–Trinajstić information content (AvgIpc) is 2.73. The van der Waals surface area contributed by atoms with Gasteiger partial charge in [0.2, 0.25) is 16.0 Å². The maximum Gasteiger partial charge on any atom is 0.269 e. The van der Waals surface area contributed by atoms with Gasteiger partial charge >= 0.3 is 0 Å². The number of nitrogens with one attached hydrogen (secondary N) is 1. The van der Waals surface area contributed by atoms with E-state index in [-0.39, 0.29) is 16.5 Å². The number of rotatable bonds is 7. The second kappa shape index (κ2) is 8.43. The van der Waals surface area contributed by atoms with Gasteiger partial charge in [-0.25, -0.2) is 17.7 Å². The Labute approximate surface area is 174 Å². The zero-order chi connectivity index (χ0) is 21.9. The van der Waals surface area contributed by atoms with Crippen molar-refractivity contribution < 1.29 is 13.3 Å². The van der Waals surface area contributed by atoms with E-state index in [1.165, 1.54) is 38.4 Å². The van der Waals surface area contributed by atoms with Crippen LogP contribution in [0.4, 0.5) is 28.8 Å². The molecule has 0 aliphatic carbocycles. The molecule has 0 saturated heterocycles. The Morgan fingerprint density at radius 2 is 1.73 bits per heavy atom. The standard InChI is InChI=1S/C19H20N6O4S/c1-23(2)30(28,29)17-6-4-5-14(13-17)21-19-20-12-11-18(22-19)24(3)15-7-9-16(10-8-15)25(26)27/h4-13H,1-3H3,(H,20,21,22). The van der Waals surface area contributed by atoms with E-state index in [1.54, 1.807) is 48.5 Å². The average molecular weight is 428 g/mol. The van der Waals surface area contributed by atoms with Crippen molar-refractivity contribution in [2.45, 2.75) is 4.90 Å². The second-order valence-corrected chi connectivity index (χ2v) is 8.66. The highest BCUT2D eigenvalue weighted by Gasteiger charge is 2.17. The highest BCUT2D eigenvalue weighted by atomic mass is 32.2. The molecule has 1 N–H and O–H groups in total. The Balaban J connectivity index is 1.83. The first-order valence-corrected chi connectivity index (χ1v) is 10.2. The van der Waals surface area contributed by atoms with Crippen LogP contribution in [-0.4, -0.2) is 48.8 Å². The molecule has 0 unspecified atom stereocenters. The molecule has 30 heavy (non-hydrogen) atoms. The first-order chi connectivity index (χ1) is 14.2. The topological polar surface area (TPSA) is 122 Å². The molecule has 0 atom stereocenters. The monoisotopic (exact) mass is 428 g/mol. The zero-order valence-electron chi connectivity index (χ0n) is 16.6. The van der Waals surface area contributed by atoms with Gasteiger partial charge in [0.05, 0.1) is 9.82 Å². The van der Waals surface area contributed by atoms with E-state index in [9.17, 15) is 18.5 Å². The van der Waals surface area contributed by atoms with E-state index in [4.69, 9.17) is 0 Å². The van der Waals surface area contributed by atoms with Gasteiger partial charge in [-0.2, -0.15) is 4.98 Å². The summed E-state index contributed by atoms with van der Waals surface area (Å²) >= 11 is 0. The van der Waals surface area contributed by atoms with Gasteiger partial charge in [0.15, 0.2) is 0 Å². The molecule has 0 amide bonds. The smallest absolute Gasteiger partial charge is 0.269 e. The van der Waals surface area contributed by atoms with Crippen LogP contribution in [0.5, 0.6) is 0 Å². The molecule has 0 aliphatic rings. The molecule has 1 heterocycles. The van der Waals surface area contributed by atoms with Crippen molar-refractivity contribution in [3.05, 3.63) is 70.9 Å². The van der Waals surface area contributed by atoms with Gasteiger partial charge in [0, 0.05) is 50.8 Å². The van der Waals surface area contributed by atoms with Crippen LogP contribution < -0.4 is 10.2 Å². The summed E-state index contributed by atoms with van der Waals surface area (Å²) in [6, 6.07) is 14.2. The summed E-state index contributed by atoms with van der Waals surface area (Å²) in [5, 5.41) is 13.8. The first kappa shape index (κ1) is 21.1. The van der Waals surface area contributed by atoms with Gasteiger partial charge in [-0.3, -0.25) is 10.1 Å². The molecule has 3 aromatic rings. The minimum atomic E-state index is -3.56. The predicted octanol–water partition coefficient (Wildman–Crippen LogP) is 3.15. The van der Waals surface area contributed by atoms with Crippen LogP contribution in [0.1, 0.15) is 0 Å². The molecule has 0 saturated carbocycles. The fourth-order valence-electron chi connectivity index (χ4n) is 2.60. The summed E-state index contributed by atoms with van der Waals surface area (Å²) in [5.74, 6) is 0.832. The highest BCUT2D eigenvalue weighted by Crippen LogP contribution is 2.25. The summed E-state index contributed by atoms with van der Waals surface area (Å²) in [7, 11) is 1.15. The van der Waals surface area contributed by atoms with Crippen LogP contribution in [0.25, 0.3) is 0 Å². The fraction of sp³-hybridized carbons (Fsp3) is 0.158. The van der Waals surface area contributed by atoms with Crippen molar-refractivity contribution in [1.82, 2.24) is 14.3 Å². The Kier molecular flexibility index (Phi) is 5.94.